The van der Waals surface area contributed by atoms with Gasteiger partial charge in [0.2, 0.25) is 0 Å². The largest absolute Gasteiger partial charge is 0.496 e. The van der Waals surface area contributed by atoms with Crippen LogP contribution in [0.5, 0.6) is 5.75 Å². The Morgan fingerprint density at radius 1 is 1.45 bits per heavy atom. The van der Waals surface area contributed by atoms with Crippen LogP contribution in [0.15, 0.2) is 18.2 Å². The number of hydrogen-bond donors (Lipinski definition) is 1. The van der Waals surface area contributed by atoms with Gasteiger partial charge in [-0.25, -0.2) is 8.42 Å². The van der Waals surface area contributed by atoms with Gasteiger partial charge in [0.15, 0.2) is 9.84 Å². The quantitative estimate of drug-likeness (QED) is 0.645. The number of methoxy groups -OCH3 is 1. The van der Waals surface area contributed by atoms with Crippen LogP contribution in [0.4, 0.5) is 5.69 Å². The molecule has 1 aromatic rings. The van der Waals surface area contributed by atoms with E-state index in [1.54, 1.807) is 6.07 Å². The Labute approximate surface area is 116 Å². The van der Waals surface area contributed by atoms with E-state index in [1.807, 2.05) is 0 Å². The maximum atomic E-state index is 11.5. The number of nitrogens with zero attached hydrogens (tertiary/aromatic N) is 1. The highest BCUT2D eigenvalue weighted by molar-refractivity contribution is 7.91. The van der Waals surface area contributed by atoms with E-state index in [1.165, 1.54) is 19.2 Å². The Morgan fingerprint density at radius 3 is 2.65 bits per heavy atom. The van der Waals surface area contributed by atoms with E-state index in [0.717, 1.165) is 0 Å². The van der Waals surface area contributed by atoms with E-state index in [4.69, 9.17) is 10.5 Å². The molecule has 0 aliphatic carbocycles. The summed E-state index contributed by atoms with van der Waals surface area (Å²) in [6, 6.07) is 4.37. The molecule has 0 aromatic heterocycles. The van der Waals surface area contributed by atoms with Crippen LogP contribution in [0.1, 0.15) is 12.0 Å². The highest BCUT2D eigenvalue weighted by atomic mass is 32.2. The zero-order valence-electron chi connectivity index (χ0n) is 11.0. The van der Waals surface area contributed by atoms with E-state index in [9.17, 15) is 18.5 Å². The second-order valence-corrected chi connectivity index (χ2v) is 7.36. The molecule has 2 rings (SSSR count). The predicted octanol–water partition coefficient (Wildman–Crippen LogP) is 0.662. The second kappa shape index (κ2) is 5.02. The predicted molar refractivity (Wildman–Crippen MR) is 73.5 cm³/mol. The van der Waals surface area contributed by atoms with Crippen molar-refractivity contribution in [2.24, 2.45) is 5.73 Å². The summed E-state index contributed by atoms with van der Waals surface area (Å²) in [7, 11) is -1.69. The van der Waals surface area contributed by atoms with Crippen molar-refractivity contribution < 1.29 is 18.1 Å². The van der Waals surface area contributed by atoms with E-state index >= 15 is 0 Å². The lowest BCUT2D eigenvalue weighted by molar-refractivity contribution is -0.385. The highest BCUT2D eigenvalue weighted by Crippen LogP contribution is 2.29. The standard InChI is InChI=1S/C12H16N2O5S/c1-19-11-5-9(4-10(6-11)14(15)16)7-12(13)2-3-20(17,18)8-12/h4-6H,2-3,7-8,13H2,1H3. The van der Waals surface area contributed by atoms with Crippen LogP contribution in [0.25, 0.3) is 0 Å². The zero-order valence-corrected chi connectivity index (χ0v) is 11.9. The summed E-state index contributed by atoms with van der Waals surface area (Å²) in [4.78, 5) is 10.4. The van der Waals surface area contributed by atoms with Crippen LogP contribution in [0.2, 0.25) is 0 Å². The molecule has 2 N–H and O–H groups in total. The van der Waals surface area contributed by atoms with Crippen molar-refractivity contribution in [3.05, 3.63) is 33.9 Å². The third-order valence-electron chi connectivity index (χ3n) is 3.37. The Hall–Kier alpha value is -1.67. The first-order valence-electron chi connectivity index (χ1n) is 6.05. The summed E-state index contributed by atoms with van der Waals surface area (Å²) >= 11 is 0. The number of nitro benzene ring substituents is 1. The molecular weight excluding hydrogens is 284 g/mol. The lowest BCUT2D eigenvalue weighted by Gasteiger charge is -2.22. The Bertz CT molecular complexity index is 643. The monoisotopic (exact) mass is 300 g/mol. The fourth-order valence-corrected chi connectivity index (χ4v) is 4.44. The molecule has 0 radical (unpaired) electrons. The fraction of sp³-hybridized carbons (Fsp3) is 0.500. The van der Waals surface area contributed by atoms with Gasteiger partial charge in [-0.3, -0.25) is 10.1 Å². The van der Waals surface area contributed by atoms with Crippen molar-refractivity contribution >= 4 is 15.5 Å². The van der Waals surface area contributed by atoms with Crippen LogP contribution in [-0.2, 0) is 16.3 Å². The molecule has 1 unspecified atom stereocenters. The highest BCUT2D eigenvalue weighted by Gasteiger charge is 2.39. The van der Waals surface area contributed by atoms with Crippen molar-refractivity contribution in [3.8, 4) is 5.75 Å². The summed E-state index contributed by atoms with van der Waals surface area (Å²) < 4.78 is 28.1. The number of ether oxygens (including phenoxy) is 1. The number of nitro groups is 1. The SMILES string of the molecule is COc1cc(CC2(N)CCS(=O)(=O)C2)cc([N+](=O)[O-])c1. The minimum absolute atomic E-state index is 0.0650. The van der Waals surface area contributed by atoms with Gasteiger partial charge in [-0.15, -0.1) is 0 Å². The first kappa shape index (κ1) is 14.7. The fourth-order valence-electron chi connectivity index (χ4n) is 2.46. The van der Waals surface area contributed by atoms with Crippen molar-refractivity contribution in [1.82, 2.24) is 0 Å². The third kappa shape index (κ3) is 3.26. The van der Waals surface area contributed by atoms with E-state index in [2.05, 4.69) is 0 Å². The molecule has 1 heterocycles. The van der Waals surface area contributed by atoms with E-state index < -0.39 is 20.3 Å². The van der Waals surface area contributed by atoms with Crippen LogP contribution >= 0.6 is 0 Å². The summed E-state index contributed by atoms with van der Waals surface area (Å²) in [5, 5.41) is 10.9. The number of nitrogens with two attached hydrogens (primary N) is 1. The molecule has 1 saturated heterocycles. The topological polar surface area (TPSA) is 113 Å². The second-order valence-electron chi connectivity index (χ2n) is 5.18. The molecule has 0 amide bonds. The van der Waals surface area contributed by atoms with Crippen molar-refractivity contribution in [1.29, 1.82) is 0 Å². The molecule has 110 valence electrons. The summed E-state index contributed by atoms with van der Waals surface area (Å²) in [6.45, 7) is 0. The molecule has 20 heavy (non-hydrogen) atoms. The van der Waals surface area contributed by atoms with Crippen molar-refractivity contribution in [2.75, 3.05) is 18.6 Å². The van der Waals surface area contributed by atoms with Gasteiger partial charge in [0.25, 0.3) is 5.69 Å². The number of benzene rings is 1. The molecule has 1 aliphatic heterocycles. The molecule has 0 spiro atoms. The van der Waals surface area contributed by atoms with Gasteiger partial charge in [0.1, 0.15) is 5.75 Å². The number of non-ortho nitro benzene ring substituents is 1. The Morgan fingerprint density at radius 2 is 2.15 bits per heavy atom. The zero-order chi connectivity index (χ0) is 15.0. The lowest BCUT2D eigenvalue weighted by atomic mass is 9.91. The van der Waals surface area contributed by atoms with Crippen LogP contribution in [-0.4, -0.2) is 37.5 Å². The van der Waals surface area contributed by atoms with Gasteiger partial charge in [0.05, 0.1) is 29.6 Å². The maximum Gasteiger partial charge on any atom is 0.273 e. The molecular formula is C12H16N2O5S. The van der Waals surface area contributed by atoms with Gasteiger partial charge >= 0.3 is 0 Å². The lowest BCUT2D eigenvalue weighted by Crippen LogP contribution is -2.43. The molecule has 1 aromatic carbocycles. The smallest absolute Gasteiger partial charge is 0.273 e. The number of hydrogen-bond acceptors (Lipinski definition) is 6. The molecule has 7 nitrogen and oxygen atoms in total. The van der Waals surface area contributed by atoms with Gasteiger partial charge in [-0.2, -0.15) is 0 Å². The van der Waals surface area contributed by atoms with Gasteiger partial charge in [0, 0.05) is 11.6 Å². The summed E-state index contributed by atoms with van der Waals surface area (Å²) in [5.74, 6) is 0.333. The number of sulfone groups is 1. The minimum Gasteiger partial charge on any atom is -0.496 e. The van der Waals surface area contributed by atoms with Gasteiger partial charge < -0.3 is 10.5 Å². The Kier molecular flexibility index (Phi) is 3.70. The van der Waals surface area contributed by atoms with Crippen molar-refractivity contribution in [2.45, 2.75) is 18.4 Å². The van der Waals surface area contributed by atoms with Crippen LogP contribution in [0.3, 0.4) is 0 Å². The van der Waals surface area contributed by atoms with E-state index in [0.29, 0.717) is 17.7 Å². The Balaban J connectivity index is 2.29. The average molecular weight is 300 g/mol. The molecule has 1 fully saturated rings. The van der Waals surface area contributed by atoms with E-state index in [-0.39, 0.29) is 23.6 Å². The average Bonchev–Trinajstić information content (AvgIpc) is 2.62. The summed E-state index contributed by atoms with van der Waals surface area (Å²) in [5.41, 5.74) is 5.75. The first-order valence-corrected chi connectivity index (χ1v) is 7.87. The molecule has 0 bridgehead atoms. The van der Waals surface area contributed by atoms with Gasteiger partial charge in [-0.05, 0) is 24.5 Å². The third-order valence-corrected chi connectivity index (χ3v) is 5.21. The normalized spacial score (nSPS) is 24.5. The minimum atomic E-state index is -3.11. The molecule has 8 heteroatoms. The van der Waals surface area contributed by atoms with Crippen molar-refractivity contribution in [3.63, 3.8) is 0 Å². The molecule has 0 saturated carbocycles. The summed E-state index contributed by atoms with van der Waals surface area (Å²) in [6.07, 6.45) is 0.630. The van der Waals surface area contributed by atoms with Gasteiger partial charge in [-0.1, -0.05) is 0 Å². The number of rotatable bonds is 4. The maximum absolute atomic E-state index is 11.5. The molecule has 1 atom stereocenters. The van der Waals surface area contributed by atoms with Crippen LogP contribution in [0, 0.1) is 10.1 Å². The molecule has 1 aliphatic rings. The van der Waals surface area contributed by atoms with Crippen LogP contribution < -0.4 is 10.5 Å². The first-order chi connectivity index (χ1) is 9.23.